The SMILES string of the molecule is CCOc1ccc(/C=N\Nc2ncnc3sc4c(c23)C[C@H](C(C)(C)CC)CC4)cc1. The molecule has 0 bridgehead atoms. The van der Waals surface area contributed by atoms with Crippen molar-refractivity contribution in [3.05, 3.63) is 46.6 Å². The summed E-state index contributed by atoms with van der Waals surface area (Å²) in [6.45, 7) is 9.74. The van der Waals surface area contributed by atoms with Crippen LogP contribution in [0.15, 0.2) is 35.7 Å². The molecule has 1 aliphatic carbocycles. The van der Waals surface area contributed by atoms with Crippen molar-refractivity contribution in [1.82, 2.24) is 9.97 Å². The smallest absolute Gasteiger partial charge is 0.158 e. The molecule has 0 unspecified atom stereocenters. The minimum atomic E-state index is 0.348. The molecule has 30 heavy (non-hydrogen) atoms. The third-order valence-electron chi connectivity index (χ3n) is 6.43. The van der Waals surface area contributed by atoms with Crippen LogP contribution in [0.5, 0.6) is 5.75 Å². The van der Waals surface area contributed by atoms with Crippen molar-refractivity contribution < 1.29 is 4.74 Å². The van der Waals surface area contributed by atoms with Crippen molar-refractivity contribution in [2.75, 3.05) is 12.0 Å². The number of benzene rings is 1. The van der Waals surface area contributed by atoms with Crippen LogP contribution in [0.1, 0.15) is 56.5 Å². The Morgan fingerprint density at radius 2 is 2.03 bits per heavy atom. The fourth-order valence-corrected chi connectivity index (χ4v) is 5.32. The van der Waals surface area contributed by atoms with Gasteiger partial charge in [-0.2, -0.15) is 5.10 Å². The molecule has 5 nitrogen and oxygen atoms in total. The zero-order chi connectivity index (χ0) is 21.1. The molecule has 0 saturated carbocycles. The summed E-state index contributed by atoms with van der Waals surface area (Å²) >= 11 is 1.81. The fraction of sp³-hybridized carbons (Fsp3) is 0.458. The number of thiophene rings is 1. The number of ether oxygens (including phenoxy) is 1. The van der Waals surface area contributed by atoms with Gasteiger partial charge in [0.2, 0.25) is 0 Å². The maximum absolute atomic E-state index is 5.49. The first kappa shape index (κ1) is 20.8. The van der Waals surface area contributed by atoms with E-state index in [-0.39, 0.29) is 0 Å². The van der Waals surface area contributed by atoms with E-state index >= 15 is 0 Å². The van der Waals surface area contributed by atoms with Gasteiger partial charge in [0, 0.05) is 4.88 Å². The van der Waals surface area contributed by atoms with E-state index in [2.05, 4.69) is 41.3 Å². The lowest BCUT2D eigenvalue weighted by molar-refractivity contribution is 0.184. The summed E-state index contributed by atoms with van der Waals surface area (Å²) in [5.74, 6) is 2.36. The highest BCUT2D eigenvalue weighted by molar-refractivity contribution is 7.19. The Balaban J connectivity index is 1.57. The molecule has 0 aliphatic heterocycles. The molecule has 6 heteroatoms. The number of aryl methyl sites for hydroxylation is 1. The summed E-state index contributed by atoms with van der Waals surface area (Å²) in [6, 6.07) is 7.91. The van der Waals surface area contributed by atoms with Gasteiger partial charge in [0.1, 0.15) is 16.9 Å². The molecule has 158 valence electrons. The summed E-state index contributed by atoms with van der Waals surface area (Å²) in [5.41, 5.74) is 5.95. The molecule has 1 aromatic carbocycles. The van der Waals surface area contributed by atoms with Gasteiger partial charge in [-0.05, 0) is 72.9 Å². The minimum absolute atomic E-state index is 0.348. The lowest BCUT2D eigenvalue weighted by Crippen LogP contribution is -2.28. The predicted octanol–water partition coefficient (Wildman–Crippen LogP) is 6.08. The van der Waals surface area contributed by atoms with E-state index in [1.807, 2.05) is 48.7 Å². The zero-order valence-corrected chi connectivity index (χ0v) is 19.1. The predicted molar refractivity (Wildman–Crippen MR) is 126 cm³/mol. The molecule has 0 radical (unpaired) electrons. The molecule has 1 N–H and O–H groups in total. The third-order valence-corrected chi connectivity index (χ3v) is 7.63. The van der Waals surface area contributed by atoms with Crippen LogP contribution in [0.3, 0.4) is 0 Å². The van der Waals surface area contributed by atoms with Crippen LogP contribution in [-0.4, -0.2) is 22.8 Å². The first-order valence-corrected chi connectivity index (χ1v) is 11.6. The number of rotatable bonds is 7. The van der Waals surface area contributed by atoms with Crippen molar-refractivity contribution in [3.8, 4) is 5.75 Å². The maximum Gasteiger partial charge on any atom is 0.158 e. The van der Waals surface area contributed by atoms with Crippen LogP contribution < -0.4 is 10.2 Å². The first-order chi connectivity index (χ1) is 14.5. The van der Waals surface area contributed by atoms with E-state index in [9.17, 15) is 0 Å². The van der Waals surface area contributed by atoms with Crippen LogP contribution in [0.25, 0.3) is 10.2 Å². The molecular formula is C24H30N4OS. The van der Waals surface area contributed by atoms with Gasteiger partial charge in [-0.1, -0.05) is 27.2 Å². The Kier molecular flexibility index (Phi) is 6.04. The van der Waals surface area contributed by atoms with Crippen molar-refractivity contribution in [2.24, 2.45) is 16.4 Å². The average molecular weight is 423 g/mol. The molecular weight excluding hydrogens is 392 g/mol. The highest BCUT2D eigenvalue weighted by Crippen LogP contribution is 2.45. The maximum atomic E-state index is 5.49. The molecule has 2 aromatic heterocycles. The Morgan fingerprint density at radius 3 is 2.77 bits per heavy atom. The topological polar surface area (TPSA) is 59.4 Å². The largest absolute Gasteiger partial charge is 0.494 e. The second-order valence-electron chi connectivity index (χ2n) is 8.56. The number of hydrogen-bond donors (Lipinski definition) is 1. The zero-order valence-electron chi connectivity index (χ0n) is 18.2. The minimum Gasteiger partial charge on any atom is -0.494 e. The van der Waals surface area contributed by atoms with Crippen molar-refractivity contribution in [1.29, 1.82) is 0 Å². The number of fused-ring (bicyclic) bond motifs is 3. The normalized spacial score (nSPS) is 16.7. The molecule has 0 fully saturated rings. The van der Waals surface area contributed by atoms with Gasteiger partial charge in [0.15, 0.2) is 5.82 Å². The van der Waals surface area contributed by atoms with Gasteiger partial charge < -0.3 is 4.74 Å². The molecule has 1 atom stereocenters. The lowest BCUT2D eigenvalue weighted by atomic mass is 9.69. The molecule has 0 amide bonds. The Morgan fingerprint density at radius 1 is 1.23 bits per heavy atom. The van der Waals surface area contributed by atoms with Crippen molar-refractivity contribution >= 4 is 33.6 Å². The van der Waals surface area contributed by atoms with Crippen molar-refractivity contribution in [3.63, 3.8) is 0 Å². The van der Waals surface area contributed by atoms with Gasteiger partial charge in [-0.25, -0.2) is 9.97 Å². The fourth-order valence-electron chi connectivity index (χ4n) is 4.13. The van der Waals surface area contributed by atoms with E-state index in [1.165, 1.54) is 23.3 Å². The van der Waals surface area contributed by atoms with Crippen LogP contribution in [0.4, 0.5) is 5.82 Å². The van der Waals surface area contributed by atoms with Gasteiger partial charge in [-0.3, -0.25) is 5.43 Å². The molecule has 0 saturated heterocycles. The Bertz CT molecular complexity index is 1040. The summed E-state index contributed by atoms with van der Waals surface area (Å²) in [6.07, 6.45) is 8.13. The van der Waals surface area contributed by atoms with Crippen LogP contribution in [0.2, 0.25) is 0 Å². The first-order valence-electron chi connectivity index (χ1n) is 10.8. The highest BCUT2D eigenvalue weighted by Gasteiger charge is 2.33. The average Bonchev–Trinajstić information content (AvgIpc) is 3.14. The molecule has 2 heterocycles. The third kappa shape index (κ3) is 4.19. The Labute approximate surface area is 182 Å². The second-order valence-corrected chi connectivity index (χ2v) is 9.64. The summed E-state index contributed by atoms with van der Waals surface area (Å²) in [7, 11) is 0. The second kappa shape index (κ2) is 8.72. The number of hydrogen-bond acceptors (Lipinski definition) is 6. The van der Waals surface area contributed by atoms with Gasteiger partial charge in [-0.15, -0.1) is 11.3 Å². The van der Waals surface area contributed by atoms with E-state index in [0.717, 1.165) is 40.2 Å². The highest BCUT2D eigenvalue weighted by atomic mass is 32.1. The standard InChI is InChI=1S/C24H30N4OS/c1-5-24(3,4)17-9-12-20-19(13-17)21-22(25-15-26-23(21)30-20)28-27-14-16-7-10-18(11-8-16)29-6-2/h7-8,10-11,14-15,17H,5-6,9,12-13H2,1-4H3,(H,25,26,28)/b27-14-/t17-/m1/s1. The van der Waals surface area contributed by atoms with Gasteiger partial charge in [0.05, 0.1) is 18.2 Å². The number of nitrogens with one attached hydrogen (secondary N) is 1. The monoisotopic (exact) mass is 422 g/mol. The molecule has 0 spiro atoms. The Hall–Kier alpha value is -2.47. The molecule has 1 aliphatic rings. The molecule has 3 aromatic rings. The van der Waals surface area contributed by atoms with E-state index in [4.69, 9.17) is 4.74 Å². The van der Waals surface area contributed by atoms with Crippen LogP contribution >= 0.6 is 11.3 Å². The summed E-state index contributed by atoms with van der Waals surface area (Å²) in [5, 5.41) is 5.60. The van der Waals surface area contributed by atoms with E-state index in [0.29, 0.717) is 17.9 Å². The summed E-state index contributed by atoms with van der Waals surface area (Å²) in [4.78, 5) is 11.6. The quantitative estimate of drug-likeness (QED) is 0.370. The van der Waals surface area contributed by atoms with Crippen molar-refractivity contribution in [2.45, 2.75) is 53.4 Å². The van der Waals surface area contributed by atoms with E-state index in [1.54, 1.807) is 6.33 Å². The number of anilines is 1. The lowest BCUT2D eigenvalue weighted by Gasteiger charge is -2.36. The van der Waals surface area contributed by atoms with Gasteiger partial charge >= 0.3 is 0 Å². The van der Waals surface area contributed by atoms with Crippen LogP contribution in [0, 0.1) is 11.3 Å². The number of hydrazone groups is 1. The number of nitrogens with zero attached hydrogens (tertiary/aromatic N) is 3. The summed E-state index contributed by atoms with van der Waals surface area (Å²) < 4.78 is 5.49. The number of aromatic nitrogens is 2. The van der Waals surface area contributed by atoms with E-state index < -0.39 is 0 Å². The molecule has 4 rings (SSSR count). The van der Waals surface area contributed by atoms with Gasteiger partial charge in [0.25, 0.3) is 0 Å². The van der Waals surface area contributed by atoms with Crippen LogP contribution in [-0.2, 0) is 12.8 Å².